The van der Waals surface area contributed by atoms with Gasteiger partial charge in [0.25, 0.3) is 0 Å². The van der Waals surface area contributed by atoms with Gasteiger partial charge in [0.1, 0.15) is 18.6 Å². The van der Waals surface area contributed by atoms with Crippen molar-refractivity contribution in [2.24, 2.45) is 5.92 Å². The van der Waals surface area contributed by atoms with E-state index in [4.69, 9.17) is 18.9 Å². The summed E-state index contributed by atoms with van der Waals surface area (Å²) in [5.74, 6) is 0.543. The maximum absolute atomic E-state index is 13.6. The molecule has 39 heavy (non-hydrogen) atoms. The normalized spacial score (nSPS) is 22.5. The second-order valence-electron chi connectivity index (χ2n) is 10.4. The van der Waals surface area contributed by atoms with Gasteiger partial charge in [0.15, 0.2) is 0 Å². The van der Waals surface area contributed by atoms with Crippen molar-refractivity contribution in [3.8, 4) is 5.75 Å². The highest BCUT2D eigenvalue weighted by Gasteiger charge is 2.42. The van der Waals surface area contributed by atoms with E-state index in [0.29, 0.717) is 18.6 Å². The number of benzene rings is 2. The summed E-state index contributed by atoms with van der Waals surface area (Å²) in [5.41, 5.74) is 0.882. The molecule has 0 aromatic heterocycles. The fourth-order valence-corrected chi connectivity index (χ4v) is 6.60. The van der Waals surface area contributed by atoms with E-state index in [1.807, 2.05) is 44.2 Å². The molecule has 2 N–H and O–H groups in total. The molecule has 2 unspecified atom stereocenters. The molecule has 5 atom stereocenters. The fraction of sp³-hybridized carbons (Fsp3) is 0.536. The zero-order valence-corrected chi connectivity index (χ0v) is 23.4. The van der Waals surface area contributed by atoms with Crippen molar-refractivity contribution in [3.63, 3.8) is 0 Å². The SMILES string of the molecule is COc1ccc(S(=O)(=O)N(CC(C)C)C[C@@H](O)[C@H](Cc2ccccc2)NC(=O)OC2CC3OCO[C@@H]3C2)cc1. The van der Waals surface area contributed by atoms with Crippen LogP contribution < -0.4 is 10.1 Å². The zero-order valence-electron chi connectivity index (χ0n) is 22.6. The Balaban J connectivity index is 1.49. The van der Waals surface area contributed by atoms with Crippen molar-refractivity contribution in [3.05, 3.63) is 60.2 Å². The number of carbonyl (C=O) groups is 1. The van der Waals surface area contributed by atoms with Crippen LogP contribution in [0, 0.1) is 5.92 Å². The van der Waals surface area contributed by atoms with Gasteiger partial charge in [0.05, 0.1) is 36.4 Å². The molecule has 4 rings (SSSR count). The Labute approximate surface area is 230 Å². The molecule has 1 aliphatic heterocycles. The first-order valence-electron chi connectivity index (χ1n) is 13.2. The Morgan fingerprint density at radius 1 is 1.05 bits per heavy atom. The third-order valence-corrected chi connectivity index (χ3v) is 8.81. The van der Waals surface area contributed by atoms with Gasteiger partial charge >= 0.3 is 6.09 Å². The van der Waals surface area contributed by atoms with Gasteiger partial charge < -0.3 is 29.4 Å². The van der Waals surface area contributed by atoms with Crippen LogP contribution in [-0.2, 0) is 30.7 Å². The minimum atomic E-state index is -3.93. The maximum atomic E-state index is 13.6. The van der Waals surface area contributed by atoms with Crippen molar-refractivity contribution >= 4 is 16.1 Å². The zero-order chi connectivity index (χ0) is 28.0. The van der Waals surface area contributed by atoms with Crippen molar-refractivity contribution in [1.29, 1.82) is 0 Å². The first-order valence-corrected chi connectivity index (χ1v) is 14.7. The highest BCUT2D eigenvalue weighted by atomic mass is 32.2. The number of carbonyl (C=O) groups excluding carboxylic acids is 1. The molecule has 2 aromatic rings. The smallest absolute Gasteiger partial charge is 0.407 e. The summed E-state index contributed by atoms with van der Waals surface area (Å²) >= 11 is 0. The van der Waals surface area contributed by atoms with Crippen LogP contribution in [0.4, 0.5) is 4.79 Å². The largest absolute Gasteiger partial charge is 0.497 e. The molecule has 0 spiro atoms. The topological polar surface area (TPSA) is 124 Å². The van der Waals surface area contributed by atoms with Crippen molar-refractivity contribution in [2.45, 2.75) is 68.5 Å². The number of nitrogens with one attached hydrogen (secondary N) is 1. The highest BCUT2D eigenvalue weighted by Crippen LogP contribution is 2.31. The number of amides is 1. The van der Waals surface area contributed by atoms with E-state index in [2.05, 4.69) is 5.32 Å². The highest BCUT2D eigenvalue weighted by molar-refractivity contribution is 7.89. The molecule has 11 heteroatoms. The quantitative estimate of drug-likeness (QED) is 0.405. The molecule has 1 amide bonds. The Morgan fingerprint density at radius 2 is 1.69 bits per heavy atom. The molecule has 2 fully saturated rings. The fourth-order valence-electron chi connectivity index (χ4n) is 4.98. The van der Waals surface area contributed by atoms with Crippen molar-refractivity contribution in [2.75, 3.05) is 27.0 Å². The average molecular weight is 563 g/mol. The van der Waals surface area contributed by atoms with E-state index >= 15 is 0 Å². The summed E-state index contributed by atoms with van der Waals surface area (Å²) in [6.45, 7) is 4.05. The van der Waals surface area contributed by atoms with Crippen molar-refractivity contribution < 1.29 is 37.3 Å². The second kappa shape index (κ2) is 13.1. The monoisotopic (exact) mass is 562 g/mol. The van der Waals surface area contributed by atoms with Crippen LogP contribution >= 0.6 is 0 Å². The lowest BCUT2D eigenvalue weighted by atomic mass is 10.0. The minimum absolute atomic E-state index is 0.00183. The number of nitrogens with zero attached hydrogens (tertiary/aromatic N) is 1. The number of fused-ring (bicyclic) bond motifs is 1. The number of hydrogen-bond donors (Lipinski definition) is 2. The molecular formula is C28H38N2O8S. The molecule has 2 aromatic carbocycles. The van der Waals surface area contributed by atoms with Crippen molar-refractivity contribution in [1.82, 2.24) is 9.62 Å². The molecule has 1 saturated carbocycles. The van der Waals surface area contributed by atoms with Gasteiger partial charge in [-0.05, 0) is 42.2 Å². The predicted molar refractivity (Wildman–Crippen MR) is 144 cm³/mol. The van der Waals surface area contributed by atoms with Crippen LogP contribution in [0.1, 0.15) is 32.3 Å². The molecule has 1 saturated heterocycles. The number of aliphatic hydroxyl groups excluding tert-OH is 1. The predicted octanol–water partition coefficient (Wildman–Crippen LogP) is 2.94. The van der Waals surface area contributed by atoms with Gasteiger partial charge in [-0.2, -0.15) is 4.31 Å². The lowest BCUT2D eigenvalue weighted by molar-refractivity contribution is 0.00201. The number of aliphatic hydroxyl groups is 1. The summed E-state index contributed by atoms with van der Waals surface area (Å²) < 4.78 is 50.2. The molecule has 0 bridgehead atoms. The first-order chi connectivity index (χ1) is 18.7. The van der Waals surface area contributed by atoms with E-state index in [-0.39, 0.29) is 55.4 Å². The third-order valence-electron chi connectivity index (χ3n) is 6.97. The maximum Gasteiger partial charge on any atom is 0.407 e. The molecule has 2 aliphatic rings. The Kier molecular flexibility index (Phi) is 9.84. The Bertz CT molecular complexity index is 1160. The lowest BCUT2D eigenvalue weighted by Gasteiger charge is -2.31. The van der Waals surface area contributed by atoms with Gasteiger partial charge in [-0.25, -0.2) is 13.2 Å². The third kappa shape index (κ3) is 7.70. The van der Waals surface area contributed by atoms with Crippen LogP contribution in [-0.4, -0.2) is 81.4 Å². The van der Waals surface area contributed by atoms with E-state index in [1.54, 1.807) is 12.1 Å². The standard InChI is InChI=1S/C28H38N2O8S/c1-19(2)16-30(39(33,34)23-11-9-21(35-3)10-12-23)17-25(31)24(13-20-7-5-4-6-8-20)29-28(32)38-22-14-26-27(15-22)37-18-36-26/h4-12,19,22,24-27,31H,13-18H2,1-3H3,(H,29,32)/t22?,24-,25+,26+,27?/m0/s1. The number of sulfonamides is 1. The summed E-state index contributed by atoms with van der Waals surface area (Å²) in [7, 11) is -2.42. The average Bonchev–Trinajstić information content (AvgIpc) is 3.50. The summed E-state index contributed by atoms with van der Waals surface area (Å²) in [4.78, 5) is 13.0. The van der Waals surface area contributed by atoms with Gasteiger partial charge in [-0.1, -0.05) is 44.2 Å². The van der Waals surface area contributed by atoms with E-state index in [9.17, 15) is 18.3 Å². The number of hydrogen-bond acceptors (Lipinski definition) is 8. The molecule has 1 heterocycles. The molecule has 1 aliphatic carbocycles. The Hall–Kier alpha value is -2.70. The second-order valence-corrected chi connectivity index (χ2v) is 12.4. The van der Waals surface area contributed by atoms with Crippen LogP contribution in [0.3, 0.4) is 0 Å². The summed E-state index contributed by atoms with van der Waals surface area (Å²) in [5, 5.41) is 14.1. The number of methoxy groups -OCH3 is 1. The molecule has 10 nitrogen and oxygen atoms in total. The van der Waals surface area contributed by atoms with Gasteiger partial charge in [0.2, 0.25) is 10.0 Å². The van der Waals surface area contributed by atoms with Crippen LogP contribution in [0.25, 0.3) is 0 Å². The Morgan fingerprint density at radius 3 is 2.28 bits per heavy atom. The lowest BCUT2D eigenvalue weighted by Crippen LogP contribution is -2.51. The number of alkyl carbamates (subject to hydrolysis) is 1. The number of ether oxygens (including phenoxy) is 4. The van der Waals surface area contributed by atoms with Crippen LogP contribution in [0.5, 0.6) is 5.75 Å². The van der Waals surface area contributed by atoms with Crippen LogP contribution in [0.15, 0.2) is 59.5 Å². The minimum Gasteiger partial charge on any atom is -0.497 e. The number of rotatable bonds is 12. The molecular weight excluding hydrogens is 524 g/mol. The van der Waals surface area contributed by atoms with Gasteiger partial charge in [0, 0.05) is 25.9 Å². The van der Waals surface area contributed by atoms with E-state index in [0.717, 1.165) is 5.56 Å². The summed E-state index contributed by atoms with van der Waals surface area (Å²) in [6.07, 6.45) is -1.02. The first kappa shape index (κ1) is 29.3. The molecule has 0 radical (unpaired) electrons. The molecule has 214 valence electrons. The van der Waals surface area contributed by atoms with Gasteiger partial charge in [-0.15, -0.1) is 0 Å². The van der Waals surface area contributed by atoms with E-state index in [1.165, 1.54) is 23.5 Å². The van der Waals surface area contributed by atoms with Crippen LogP contribution in [0.2, 0.25) is 0 Å². The van der Waals surface area contributed by atoms with E-state index < -0.39 is 28.3 Å². The summed E-state index contributed by atoms with van der Waals surface area (Å²) in [6, 6.07) is 14.7. The van der Waals surface area contributed by atoms with Gasteiger partial charge in [-0.3, -0.25) is 0 Å².